The number of aliphatic carboxylic acids is 1. The Morgan fingerprint density at radius 3 is 2.65 bits per heavy atom. The molecule has 1 saturated heterocycles. The van der Waals surface area contributed by atoms with Gasteiger partial charge in [0.05, 0.1) is 24.1 Å². The molecule has 0 aromatic carbocycles. The first-order chi connectivity index (χ1) is 10.7. The molecule has 2 N–H and O–H groups in total. The first-order valence-electron chi connectivity index (χ1n) is 7.88. The van der Waals surface area contributed by atoms with E-state index in [1.54, 1.807) is 10.9 Å². The van der Waals surface area contributed by atoms with Gasteiger partial charge in [0, 0.05) is 24.9 Å². The van der Waals surface area contributed by atoms with Crippen molar-refractivity contribution in [2.75, 3.05) is 6.61 Å². The lowest BCUT2D eigenvalue weighted by Crippen LogP contribution is -2.39. The second-order valence-corrected chi connectivity index (χ2v) is 7.12. The summed E-state index contributed by atoms with van der Waals surface area (Å²) >= 11 is 0. The van der Waals surface area contributed by atoms with Gasteiger partial charge in [0.15, 0.2) is 0 Å². The van der Waals surface area contributed by atoms with Gasteiger partial charge < -0.3 is 15.2 Å². The molecule has 2 aliphatic rings. The van der Waals surface area contributed by atoms with Crippen LogP contribution >= 0.6 is 0 Å². The number of ether oxygens (including phenoxy) is 1. The zero-order valence-electron chi connectivity index (χ0n) is 13.9. The number of hydrogen-bond acceptors (Lipinski definition) is 4. The molecule has 1 aliphatic heterocycles. The molecule has 0 bridgehead atoms. The fourth-order valence-electron chi connectivity index (χ4n) is 3.70. The smallest absolute Gasteiger partial charge is 0.307 e. The Kier molecular flexibility index (Phi) is 3.71. The van der Waals surface area contributed by atoms with Crippen molar-refractivity contribution >= 4 is 11.9 Å². The summed E-state index contributed by atoms with van der Waals surface area (Å²) < 4.78 is 7.57. The average molecular weight is 321 g/mol. The highest BCUT2D eigenvalue weighted by atomic mass is 16.5. The lowest BCUT2D eigenvalue weighted by Gasteiger charge is -2.20. The quantitative estimate of drug-likeness (QED) is 0.864. The molecule has 2 fully saturated rings. The molecule has 1 aliphatic carbocycles. The number of carbonyl (C=O) groups excluding carboxylic acids is 1. The van der Waals surface area contributed by atoms with Gasteiger partial charge in [-0.15, -0.1) is 0 Å². The SMILES string of the molecule is Cc1c([C@H]2OCC[C@@H]2NC(=O)[C@@H]2[C@H](C(=O)O)C2(C)C)cnn1C. The number of aromatic nitrogens is 2. The zero-order chi connectivity index (χ0) is 16.9. The molecule has 1 saturated carbocycles. The molecule has 0 radical (unpaired) electrons. The van der Waals surface area contributed by atoms with Gasteiger partial charge in [0.25, 0.3) is 0 Å². The Morgan fingerprint density at radius 1 is 1.43 bits per heavy atom. The second kappa shape index (κ2) is 5.33. The normalized spacial score (nSPS) is 31.8. The molecule has 126 valence electrons. The topological polar surface area (TPSA) is 93.4 Å². The van der Waals surface area contributed by atoms with E-state index in [1.165, 1.54) is 0 Å². The van der Waals surface area contributed by atoms with Crippen molar-refractivity contribution in [1.29, 1.82) is 0 Å². The number of aryl methyl sites for hydroxylation is 1. The summed E-state index contributed by atoms with van der Waals surface area (Å²) in [5, 5.41) is 16.5. The van der Waals surface area contributed by atoms with Crippen molar-refractivity contribution in [3.8, 4) is 0 Å². The third-order valence-electron chi connectivity index (χ3n) is 5.37. The fourth-order valence-corrected chi connectivity index (χ4v) is 3.70. The van der Waals surface area contributed by atoms with E-state index in [-0.39, 0.29) is 18.1 Å². The molecule has 7 nitrogen and oxygen atoms in total. The van der Waals surface area contributed by atoms with E-state index in [0.717, 1.165) is 17.7 Å². The predicted octanol–water partition coefficient (Wildman–Crippen LogP) is 1.03. The maximum absolute atomic E-state index is 12.5. The number of amides is 1. The molecule has 1 aromatic heterocycles. The van der Waals surface area contributed by atoms with Gasteiger partial charge in [-0.1, -0.05) is 13.8 Å². The van der Waals surface area contributed by atoms with E-state index in [9.17, 15) is 14.7 Å². The minimum Gasteiger partial charge on any atom is -0.481 e. The van der Waals surface area contributed by atoms with Gasteiger partial charge in [-0.2, -0.15) is 5.10 Å². The van der Waals surface area contributed by atoms with Gasteiger partial charge in [0.2, 0.25) is 5.91 Å². The van der Waals surface area contributed by atoms with Crippen LogP contribution in [0.4, 0.5) is 0 Å². The van der Waals surface area contributed by atoms with Gasteiger partial charge in [-0.25, -0.2) is 0 Å². The number of carboxylic acid groups (broad SMARTS) is 1. The van der Waals surface area contributed by atoms with Crippen LogP contribution in [-0.4, -0.2) is 39.4 Å². The molecule has 1 aromatic rings. The first kappa shape index (κ1) is 16.0. The van der Waals surface area contributed by atoms with Gasteiger partial charge >= 0.3 is 5.97 Å². The van der Waals surface area contributed by atoms with Gasteiger partial charge in [-0.3, -0.25) is 14.3 Å². The monoisotopic (exact) mass is 321 g/mol. The molecule has 2 heterocycles. The van der Waals surface area contributed by atoms with Crippen LogP contribution in [0.15, 0.2) is 6.20 Å². The van der Waals surface area contributed by atoms with Gasteiger partial charge in [-0.05, 0) is 18.8 Å². The van der Waals surface area contributed by atoms with E-state index in [0.29, 0.717) is 6.61 Å². The summed E-state index contributed by atoms with van der Waals surface area (Å²) in [7, 11) is 1.87. The molecule has 1 amide bonds. The lowest BCUT2D eigenvalue weighted by atomic mass is 10.0. The Labute approximate surface area is 135 Å². The summed E-state index contributed by atoms with van der Waals surface area (Å²) in [6, 6.07) is -0.142. The number of carbonyl (C=O) groups is 2. The Balaban J connectivity index is 1.71. The molecule has 0 unspecified atom stereocenters. The number of nitrogens with one attached hydrogen (secondary N) is 1. The number of nitrogens with zero attached hydrogens (tertiary/aromatic N) is 2. The number of hydrogen-bond donors (Lipinski definition) is 2. The van der Waals surface area contributed by atoms with Crippen LogP contribution in [0, 0.1) is 24.2 Å². The van der Waals surface area contributed by atoms with Crippen LogP contribution < -0.4 is 5.32 Å². The third-order valence-corrected chi connectivity index (χ3v) is 5.37. The first-order valence-corrected chi connectivity index (χ1v) is 7.88. The largest absolute Gasteiger partial charge is 0.481 e. The van der Waals surface area contributed by atoms with Crippen molar-refractivity contribution in [3.05, 3.63) is 17.5 Å². The second-order valence-electron chi connectivity index (χ2n) is 7.12. The summed E-state index contributed by atoms with van der Waals surface area (Å²) in [6.07, 6.45) is 2.26. The molecule has 4 atom stereocenters. The van der Waals surface area contributed by atoms with Crippen LogP contribution in [-0.2, 0) is 21.4 Å². The van der Waals surface area contributed by atoms with Crippen molar-refractivity contribution in [1.82, 2.24) is 15.1 Å². The lowest BCUT2D eigenvalue weighted by molar-refractivity contribution is -0.140. The molecular weight excluding hydrogens is 298 g/mol. The minimum absolute atomic E-state index is 0.142. The van der Waals surface area contributed by atoms with Crippen molar-refractivity contribution < 1.29 is 19.4 Å². The van der Waals surface area contributed by atoms with Crippen LogP contribution in [0.2, 0.25) is 0 Å². The van der Waals surface area contributed by atoms with E-state index in [4.69, 9.17) is 4.74 Å². The average Bonchev–Trinajstić information content (AvgIpc) is 2.75. The third kappa shape index (κ3) is 2.52. The maximum Gasteiger partial charge on any atom is 0.307 e. The number of rotatable bonds is 4. The van der Waals surface area contributed by atoms with Crippen LogP contribution in [0.5, 0.6) is 0 Å². The predicted molar refractivity (Wildman–Crippen MR) is 81.6 cm³/mol. The zero-order valence-corrected chi connectivity index (χ0v) is 13.9. The summed E-state index contributed by atoms with van der Waals surface area (Å²) in [4.78, 5) is 23.8. The highest BCUT2D eigenvalue weighted by molar-refractivity contribution is 5.91. The Morgan fingerprint density at radius 2 is 2.13 bits per heavy atom. The van der Waals surface area contributed by atoms with Crippen LogP contribution in [0.25, 0.3) is 0 Å². The van der Waals surface area contributed by atoms with Gasteiger partial charge in [0.1, 0.15) is 6.10 Å². The summed E-state index contributed by atoms with van der Waals surface area (Å²) in [6.45, 7) is 6.18. The highest BCUT2D eigenvalue weighted by Crippen LogP contribution is 2.58. The molecule has 3 rings (SSSR count). The van der Waals surface area contributed by atoms with Crippen LogP contribution in [0.3, 0.4) is 0 Å². The molecule has 0 spiro atoms. The minimum atomic E-state index is -0.905. The van der Waals surface area contributed by atoms with Crippen LogP contribution in [0.1, 0.15) is 37.6 Å². The maximum atomic E-state index is 12.5. The fraction of sp³-hybridized carbons (Fsp3) is 0.688. The summed E-state index contributed by atoms with van der Waals surface area (Å²) in [5.74, 6) is -2.18. The van der Waals surface area contributed by atoms with E-state index in [1.807, 2.05) is 27.8 Å². The number of carboxylic acids is 1. The van der Waals surface area contributed by atoms with E-state index in [2.05, 4.69) is 10.4 Å². The Bertz CT molecular complexity index is 652. The van der Waals surface area contributed by atoms with E-state index >= 15 is 0 Å². The standard InChI is InChI=1S/C16H23N3O4/c1-8-9(7-17-19(8)4)13-10(5-6-23-13)18-14(20)11-12(15(21)22)16(11,2)3/h7,10-13H,5-6H2,1-4H3,(H,18,20)(H,21,22)/t10-,11-,12+,13+/m0/s1. The van der Waals surface area contributed by atoms with E-state index < -0.39 is 23.2 Å². The Hall–Kier alpha value is -1.89. The van der Waals surface area contributed by atoms with Crippen molar-refractivity contribution in [2.24, 2.45) is 24.3 Å². The molecule has 23 heavy (non-hydrogen) atoms. The molecule has 7 heteroatoms. The summed E-state index contributed by atoms with van der Waals surface area (Å²) in [5.41, 5.74) is 1.49. The van der Waals surface area contributed by atoms with Crippen molar-refractivity contribution in [3.63, 3.8) is 0 Å². The molecular formula is C16H23N3O4. The highest BCUT2D eigenvalue weighted by Gasteiger charge is 2.66. The van der Waals surface area contributed by atoms with Crippen molar-refractivity contribution in [2.45, 2.75) is 39.3 Å².